The van der Waals surface area contributed by atoms with Crippen LogP contribution in [0.2, 0.25) is 0 Å². The first-order valence-corrected chi connectivity index (χ1v) is 11.1. The molecule has 1 saturated carbocycles. The molecule has 0 spiro atoms. The molecule has 1 amide bonds. The Morgan fingerprint density at radius 1 is 1.43 bits per heavy atom. The summed E-state index contributed by atoms with van der Waals surface area (Å²) in [4.78, 5) is 12.5. The number of anilines is 1. The van der Waals surface area contributed by atoms with E-state index in [9.17, 15) is 9.18 Å². The first-order chi connectivity index (χ1) is 13.5. The Morgan fingerprint density at radius 3 is 2.86 bits per heavy atom. The summed E-state index contributed by atoms with van der Waals surface area (Å²) in [5.41, 5.74) is 0.163. The molecule has 1 aliphatic carbocycles. The highest BCUT2D eigenvalue weighted by atomic mass is 79.9. The molecule has 1 heterocycles. The number of carbonyl (C=O) groups is 1. The maximum atomic E-state index is 14.0. The SMILES string of the molecule is C=CCn1c(S[C@@H](C)C(=O)Nc2ccc(Br)cc2F)nnc1C1CCCCC1. The van der Waals surface area contributed by atoms with Gasteiger partial charge in [0, 0.05) is 16.9 Å². The summed E-state index contributed by atoms with van der Waals surface area (Å²) >= 11 is 4.54. The molecule has 1 aromatic heterocycles. The van der Waals surface area contributed by atoms with Crippen molar-refractivity contribution in [2.45, 2.75) is 61.9 Å². The van der Waals surface area contributed by atoms with E-state index in [2.05, 4.69) is 42.6 Å². The van der Waals surface area contributed by atoms with Gasteiger partial charge in [-0.05, 0) is 38.0 Å². The first-order valence-electron chi connectivity index (χ1n) is 9.46. The molecule has 28 heavy (non-hydrogen) atoms. The van der Waals surface area contributed by atoms with E-state index in [0.29, 0.717) is 22.1 Å². The van der Waals surface area contributed by atoms with Gasteiger partial charge in [0.05, 0.1) is 10.9 Å². The number of benzene rings is 1. The third-order valence-electron chi connectivity index (χ3n) is 4.87. The maximum Gasteiger partial charge on any atom is 0.237 e. The average molecular weight is 467 g/mol. The van der Waals surface area contributed by atoms with E-state index in [1.807, 2.05) is 6.08 Å². The number of hydrogen-bond donors (Lipinski definition) is 1. The molecule has 0 bridgehead atoms. The van der Waals surface area contributed by atoms with E-state index >= 15 is 0 Å². The Hall–Kier alpha value is -1.67. The molecule has 1 fully saturated rings. The number of amides is 1. The number of hydrogen-bond acceptors (Lipinski definition) is 4. The summed E-state index contributed by atoms with van der Waals surface area (Å²) in [5.74, 6) is 0.637. The highest BCUT2D eigenvalue weighted by molar-refractivity contribution is 9.10. The van der Waals surface area contributed by atoms with Gasteiger partial charge >= 0.3 is 0 Å². The van der Waals surface area contributed by atoms with Crippen LogP contribution in [0.25, 0.3) is 0 Å². The minimum Gasteiger partial charge on any atom is -0.323 e. The zero-order valence-corrected chi connectivity index (χ0v) is 18.2. The van der Waals surface area contributed by atoms with Crippen molar-refractivity contribution in [3.05, 3.63) is 47.0 Å². The molecule has 1 aromatic carbocycles. The minimum atomic E-state index is -0.477. The Balaban J connectivity index is 1.71. The Morgan fingerprint density at radius 2 is 2.18 bits per heavy atom. The van der Waals surface area contributed by atoms with Crippen LogP contribution in [-0.4, -0.2) is 25.9 Å². The van der Waals surface area contributed by atoms with E-state index in [0.717, 1.165) is 18.7 Å². The molecule has 0 unspecified atom stereocenters. The first kappa shape index (κ1) is 21.0. The lowest BCUT2D eigenvalue weighted by molar-refractivity contribution is -0.115. The van der Waals surface area contributed by atoms with Crippen molar-refractivity contribution < 1.29 is 9.18 Å². The summed E-state index contributed by atoms with van der Waals surface area (Å²) < 4.78 is 16.7. The predicted octanol–water partition coefficient (Wildman–Crippen LogP) is 5.53. The standard InChI is InChI=1S/C20H24BrFN4OS/c1-3-11-26-18(14-7-5-4-6-8-14)24-25-20(26)28-13(2)19(27)23-17-10-9-15(21)12-16(17)22/h3,9-10,12-14H,1,4-8,11H2,2H3,(H,23,27)/t13-/m0/s1. The van der Waals surface area contributed by atoms with Gasteiger partial charge in [0.2, 0.25) is 5.91 Å². The van der Waals surface area contributed by atoms with Gasteiger partial charge in [-0.25, -0.2) is 4.39 Å². The van der Waals surface area contributed by atoms with Crippen molar-refractivity contribution >= 4 is 39.3 Å². The van der Waals surface area contributed by atoms with E-state index in [1.54, 1.807) is 13.0 Å². The van der Waals surface area contributed by atoms with Gasteiger partial charge in [0.1, 0.15) is 11.6 Å². The highest BCUT2D eigenvalue weighted by Crippen LogP contribution is 2.34. The topological polar surface area (TPSA) is 59.8 Å². The van der Waals surface area contributed by atoms with Crippen LogP contribution in [0.1, 0.15) is 50.8 Å². The zero-order chi connectivity index (χ0) is 20.1. The lowest BCUT2D eigenvalue weighted by Gasteiger charge is -2.21. The Labute approximate surface area is 177 Å². The van der Waals surface area contributed by atoms with Gasteiger partial charge in [-0.3, -0.25) is 4.79 Å². The quantitative estimate of drug-likeness (QED) is 0.430. The number of halogens is 2. The van der Waals surface area contributed by atoms with Crippen molar-refractivity contribution in [1.82, 2.24) is 14.8 Å². The second-order valence-electron chi connectivity index (χ2n) is 6.95. The monoisotopic (exact) mass is 466 g/mol. The number of aromatic nitrogens is 3. The molecule has 8 heteroatoms. The number of allylic oxidation sites excluding steroid dienone is 1. The van der Waals surface area contributed by atoms with Gasteiger partial charge in [0.15, 0.2) is 5.16 Å². The number of nitrogens with zero attached hydrogens (tertiary/aromatic N) is 3. The smallest absolute Gasteiger partial charge is 0.237 e. The second kappa shape index (κ2) is 9.69. The second-order valence-corrected chi connectivity index (χ2v) is 9.17. The van der Waals surface area contributed by atoms with E-state index < -0.39 is 11.1 Å². The highest BCUT2D eigenvalue weighted by Gasteiger charge is 2.25. The summed E-state index contributed by atoms with van der Waals surface area (Å²) in [7, 11) is 0. The molecule has 2 aromatic rings. The van der Waals surface area contributed by atoms with Crippen LogP contribution in [0.3, 0.4) is 0 Å². The normalized spacial score (nSPS) is 16.0. The lowest BCUT2D eigenvalue weighted by atomic mass is 9.89. The van der Waals surface area contributed by atoms with Crippen LogP contribution in [0.15, 0.2) is 40.5 Å². The number of nitrogens with one attached hydrogen (secondary N) is 1. The van der Waals surface area contributed by atoms with Crippen LogP contribution < -0.4 is 5.32 Å². The summed E-state index contributed by atoms with van der Waals surface area (Å²) in [6.45, 7) is 6.23. The molecular formula is C20H24BrFN4OS. The van der Waals surface area contributed by atoms with E-state index in [1.165, 1.54) is 43.2 Å². The van der Waals surface area contributed by atoms with Gasteiger partial charge in [-0.1, -0.05) is 53.0 Å². The molecule has 3 rings (SSSR count). The number of rotatable bonds is 7. The van der Waals surface area contributed by atoms with Crippen LogP contribution in [0.5, 0.6) is 0 Å². The summed E-state index contributed by atoms with van der Waals surface area (Å²) in [6.07, 6.45) is 7.77. The fraction of sp³-hybridized carbons (Fsp3) is 0.450. The van der Waals surface area contributed by atoms with Crippen molar-refractivity contribution in [1.29, 1.82) is 0 Å². The number of carbonyl (C=O) groups excluding carboxylic acids is 1. The van der Waals surface area contributed by atoms with Gasteiger partial charge in [0.25, 0.3) is 0 Å². The molecule has 0 aliphatic heterocycles. The largest absolute Gasteiger partial charge is 0.323 e. The average Bonchev–Trinajstić information content (AvgIpc) is 3.07. The molecule has 0 saturated heterocycles. The molecule has 1 N–H and O–H groups in total. The maximum absolute atomic E-state index is 14.0. The Kier molecular flexibility index (Phi) is 7.29. The van der Waals surface area contributed by atoms with Crippen molar-refractivity contribution in [2.75, 3.05) is 5.32 Å². The van der Waals surface area contributed by atoms with Crippen molar-refractivity contribution in [3.8, 4) is 0 Å². The van der Waals surface area contributed by atoms with Gasteiger partial charge < -0.3 is 9.88 Å². The third kappa shape index (κ3) is 5.03. The molecule has 1 aliphatic rings. The fourth-order valence-electron chi connectivity index (χ4n) is 3.39. The molecule has 5 nitrogen and oxygen atoms in total. The van der Waals surface area contributed by atoms with E-state index in [4.69, 9.17) is 0 Å². The van der Waals surface area contributed by atoms with Gasteiger partial charge in [-0.2, -0.15) is 0 Å². The molecule has 150 valence electrons. The zero-order valence-electron chi connectivity index (χ0n) is 15.8. The van der Waals surface area contributed by atoms with Crippen LogP contribution >= 0.6 is 27.7 Å². The van der Waals surface area contributed by atoms with Crippen LogP contribution in [-0.2, 0) is 11.3 Å². The Bertz CT molecular complexity index is 851. The van der Waals surface area contributed by atoms with Crippen LogP contribution in [0, 0.1) is 5.82 Å². The number of thioether (sulfide) groups is 1. The van der Waals surface area contributed by atoms with Crippen molar-refractivity contribution in [3.63, 3.8) is 0 Å². The van der Waals surface area contributed by atoms with E-state index in [-0.39, 0.29) is 11.6 Å². The molecule has 1 atom stereocenters. The summed E-state index contributed by atoms with van der Waals surface area (Å²) in [5, 5.41) is 11.7. The third-order valence-corrected chi connectivity index (χ3v) is 6.44. The predicted molar refractivity (Wildman–Crippen MR) is 114 cm³/mol. The minimum absolute atomic E-state index is 0.163. The lowest BCUT2D eigenvalue weighted by Crippen LogP contribution is -2.23. The molecular weight excluding hydrogens is 443 g/mol. The summed E-state index contributed by atoms with van der Waals surface area (Å²) in [6, 6.07) is 4.55. The molecule has 0 radical (unpaired) electrons. The van der Waals surface area contributed by atoms with Gasteiger partial charge in [-0.15, -0.1) is 16.8 Å². The van der Waals surface area contributed by atoms with Crippen molar-refractivity contribution in [2.24, 2.45) is 0 Å². The fourth-order valence-corrected chi connectivity index (χ4v) is 4.59. The van der Waals surface area contributed by atoms with Crippen LogP contribution in [0.4, 0.5) is 10.1 Å².